The Morgan fingerprint density at radius 3 is 2.35 bits per heavy atom. The summed E-state index contributed by atoms with van der Waals surface area (Å²) in [6.45, 7) is 4.68. The van der Waals surface area contributed by atoms with Gasteiger partial charge in [-0.05, 0) is 59.4 Å². The molecule has 0 saturated heterocycles. The third kappa shape index (κ3) is 2.73. The quantitative estimate of drug-likeness (QED) is 0.804. The third-order valence-corrected chi connectivity index (χ3v) is 4.95. The van der Waals surface area contributed by atoms with Crippen molar-refractivity contribution in [2.24, 2.45) is 11.3 Å². The van der Waals surface area contributed by atoms with E-state index in [9.17, 15) is 5.11 Å². The van der Waals surface area contributed by atoms with E-state index >= 15 is 0 Å². The molecular weight excluding hydrogens is 244 g/mol. The second kappa shape index (κ2) is 5.21. The highest BCUT2D eigenvalue weighted by Gasteiger charge is 2.31. The van der Waals surface area contributed by atoms with Crippen LogP contribution in [0.2, 0.25) is 0 Å². The highest BCUT2D eigenvalue weighted by atomic mass is 16.3. The van der Waals surface area contributed by atoms with Gasteiger partial charge >= 0.3 is 0 Å². The molecule has 2 aromatic carbocycles. The first-order valence-corrected chi connectivity index (χ1v) is 7.72. The fourth-order valence-corrected chi connectivity index (χ4v) is 3.40. The number of benzene rings is 2. The SMILES string of the molecule is CC1(C)CCC(C(O)c2ccc3ccccc3c2)CC1. The average Bonchev–Trinajstić information content (AvgIpc) is 2.46. The van der Waals surface area contributed by atoms with Gasteiger partial charge in [0.05, 0.1) is 6.10 Å². The Morgan fingerprint density at radius 1 is 1.00 bits per heavy atom. The Labute approximate surface area is 121 Å². The van der Waals surface area contributed by atoms with Gasteiger partial charge in [-0.1, -0.05) is 50.2 Å². The summed E-state index contributed by atoms with van der Waals surface area (Å²) in [5.41, 5.74) is 1.54. The maximum Gasteiger partial charge on any atom is 0.0818 e. The van der Waals surface area contributed by atoms with E-state index in [0.29, 0.717) is 11.3 Å². The van der Waals surface area contributed by atoms with E-state index in [-0.39, 0.29) is 6.10 Å². The summed E-state index contributed by atoms with van der Waals surface area (Å²) in [6, 6.07) is 14.7. The molecule has 0 amide bonds. The molecule has 1 unspecified atom stereocenters. The highest BCUT2D eigenvalue weighted by Crippen LogP contribution is 2.42. The van der Waals surface area contributed by atoms with Gasteiger partial charge in [-0.3, -0.25) is 0 Å². The standard InChI is InChI=1S/C19H24O/c1-19(2)11-9-15(10-12-19)18(20)17-8-7-14-5-3-4-6-16(14)13-17/h3-8,13,15,18,20H,9-12H2,1-2H3. The maximum atomic E-state index is 10.7. The molecule has 0 spiro atoms. The van der Waals surface area contributed by atoms with E-state index < -0.39 is 0 Å². The molecule has 0 aromatic heterocycles. The first-order valence-electron chi connectivity index (χ1n) is 7.72. The molecule has 1 aliphatic carbocycles. The van der Waals surface area contributed by atoms with E-state index in [4.69, 9.17) is 0 Å². The lowest BCUT2D eigenvalue weighted by Crippen LogP contribution is -2.25. The molecule has 2 aromatic rings. The minimum Gasteiger partial charge on any atom is -0.388 e. The van der Waals surface area contributed by atoms with Crippen LogP contribution in [0.15, 0.2) is 42.5 Å². The van der Waals surface area contributed by atoms with Crippen molar-refractivity contribution in [2.45, 2.75) is 45.6 Å². The van der Waals surface area contributed by atoms with Crippen molar-refractivity contribution < 1.29 is 5.11 Å². The van der Waals surface area contributed by atoms with Crippen LogP contribution in [0.5, 0.6) is 0 Å². The zero-order valence-electron chi connectivity index (χ0n) is 12.5. The second-order valence-electron chi connectivity index (χ2n) is 7.05. The first kappa shape index (κ1) is 13.6. The van der Waals surface area contributed by atoms with Gasteiger partial charge in [-0.2, -0.15) is 0 Å². The molecule has 1 atom stereocenters. The minimum absolute atomic E-state index is 0.310. The minimum atomic E-state index is -0.310. The van der Waals surface area contributed by atoms with E-state index in [0.717, 1.165) is 18.4 Å². The largest absolute Gasteiger partial charge is 0.388 e. The lowest BCUT2D eigenvalue weighted by Gasteiger charge is -2.36. The van der Waals surface area contributed by atoms with Gasteiger partial charge in [0, 0.05) is 0 Å². The molecule has 0 aliphatic heterocycles. The van der Waals surface area contributed by atoms with Crippen LogP contribution >= 0.6 is 0 Å². The summed E-state index contributed by atoms with van der Waals surface area (Å²) < 4.78 is 0. The fourth-order valence-electron chi connectivity index (χ4n) is 3.40. The molecule has 20 heavy (non-hydrogen) atoms. The molecule has 1 nitrogen and oxygen atoms in total. The van der Waals surface area contributed by atoms with E-state index in [1.54, 1.807) is 0 Å². The topological polar surface area (TPSA) is 20.2 Å². The van der Waals surface area contributed by atoms with Crippen molar-refractivity contribution in [3.63, 3.8) is 0 Å². The molecule has 1 fully saturated rings. The van der Waals surface area contributed by atoms with Crippen LogP contribution in [0.4, 0.5) is 0 Å². The average molecular weight is 268 g/mol. The summed E-state index contributed by atoms with van der Waals surface area (Å²) in [5.74, 6) is 0.421. The zero-order chi connectivity index (χ0) is 14.2. The number of fused-ring (bicyclic) bond motifs is 1. The van der Waals surface area contributed by atoms with Crippen molar-refractivity contribution in [2.75, 3.05) is 0 Å². The summed E-state index contributed by atoms with van der Waals surface area (Å²) in [7, 11) is 0. The number of aliphatic hydroxyl groups excluding tert-OH is 1. The van der Waals surface area contributed by atoms with E-state index in [1.165, 1.54) is 23.6 Å². The highest BCUT2D eigenvalue weighted by molar-refractivity contribution is 5.83. The molecule has 0 heterocycles. The van der Waals surface area contributed by atoms with Gasteiger partial charge in [-0.15, -0.1) is 0 Å². The molecule has 1 N–H and O–H groups in total. The van der Waals surface area contributed by atoms with Crippen LogP contribution in [-0.4, -0.2) is 5.11 Å². The number of aliphatic hydroxyl groups is 1. The maximum absolute atomic E-state index is 10.7. The van der Waals surface area contributed by atoms with Gasteiger partial charge in [-0.25, -0.2) is 0 Å². The lowest BCUT2D eigenvalue weighted by atomic mass is 9.71. The van der Waals surface area contributed by atoms with Crippen LogP contribution in [0.3, 0.4) is 0 Å². The Hall–Kier alpha value is -1.34. The Bertz CT molecular complexity index is 589. The van der Waals surface area contributed by atoms with Crippen LogP contribution in [0.25, 0.3) is 10.8 Å². The second-order valence-corrected chi connectivity index (χ2v) is 7.05. The summed E-state index contributed by atoms with van der Waals surface area (Å²) in [6.07, 6.45) is 4.42. The van der Waals surface area contributed by atoms with Gasteiger partial charge in [0.25, 0.3) is 0 Å². The number of rotatable bonds is 2. The molecule has 1 heteroatoms. The van der Waals surface area contributed by atoms with Crippen LogP contribution < -0.4 is 0 Å². The summed E-state index contributed by atoms with van der Waals surface area (Å²) in [5, 5.41) is 13.1. The molecule has 0 radical (unpaired) electrons. The summed E-state index contributed by atoms with van der Waals surface area (Å²) in [4.78, 5) is 0. The van der Waals surface area contributed by atoms with Crippen LogP contribution in [-0.2, 0) is 0 Å². The predicted octanol–water partition coefficient (Wildman–Crippen LogP) is 5.09. The van der Waals surface area contributed by atoms with Crippen molar-refractivity contribution in [1.29, 1.82) is 0 Å². The van der Waals surface area contributed by atoms with Gasteiger partial charge in [0.15, 0.2) is 0 Å². The van der Waals surface area contributed by atoms with Crippen LogP contribution in [0, 0.1) is 11.3 Å². The molecule has 3 rings (SSSR count). The van der Waals surface area contributed by atoms with Gasteiger partial charge in [0.1, 0.15) is 0 Å². The normalized spacial score (nSPS) is 20.9. The summed E-state index contributed by atoms with van der Waals surface area (Å²) >= 11 is 0. The molecule has 1 saturated carbocycles. The van der Waals surface area contributed by atoms with Gasteiger partial charge < -0.3 is 5.11 Å². The van der Waals surface area contributed by atoms with Crippen molar-refractivity contribution in [3.8, 4) is 0 Å². The Balaban J connectivity index is 1.80. The van der Waals surface area contributed by atoms with Gasteiger partial charge in [0.2, 0.25) is 0 Å². The molecule has 1 aliphatic rings. The van der Waals surface area contributed by atoms with Crippen LogP contribution in [0.1, 0.15) is 51.2 Å². The van der Waals surface area contributed by atoms with Crippen molar-refractivity contribution in [1.82, 2.24) is 0 Å². The zero-order valence-corrected chi connectivity index (χ0v) is 12.5. The first-order chi connectivity index (χ1) is 9.55. The number of hydrogen-bond acceptors (Lipinski definition) is 1. The predicted molar refractivity (Wildman–Crippen MR) is 84.6 cm³/mol. The monoisotopic (exact) mass is 268 g/mol. The molecule has 106 valence electrons. The van der Waals surface area contributed by atoms with E-state index in [2.05, 4.69) is 56.3 Å². The molecular formula is C19H24O. The lowest BCUT2D eigenvalue weighted by molar-refractivity contribution is 0.0568. The molecule has 0 bridgehead atoms. The Kier molecular flexibility index (Phi) is 3.55. The smallest absolute Gasteiger partial charge is 0.0818 e. The van der Waals surface area contributed by atoms with Crippen molar-refractivity contribution in [3.05, 3.63) is 48.0 Å². The van der Waals surface area contributed by atoms with E-state index in [1.807, 2.05) is 0 Å². The Morgan fingerprint density at radius 2 is 1.65 bits per heavy atom. The fraction of sp³-hybridized carbons (Fsp3) is 0.474. The number of hydrogen-bond donors (Lipinski definition) is 1. The third-order valence-electron chi connectivity index (χ3n) is 4.95. The van der Waals surface area contributed by atoms with Crippen molar-refractivity contribution >= 4 is 10.8 Å².